The molecule has 21 heavy (non-hydrogen) atoms. The van der Waals surface area contributed by atoms with Crippen LogP contribution in [0.15, 0.2) is 0 Å². The Balaban J connectivity index is 1.88. The van der Waals surface area contributed by atoms with E-state index in [4.69, 9.17) is 5.11 Å². The molecule has 8 heteroatoms. The van der Waals surface area contributed by atoms with Gasteiger partial charge in [-0.2, -0.15) is 0 Å². The second-order valence-corrected chi connectivity index (χ2v) is 5.89. The fourth-order valence-corrected chi connectivity index (χ4v) is 2.56. The number of nitrogens with one attached hydrogen (secondary N) is 1. The summed E-state index contributed by atoms with van der Waals surface area (Å²) in [6.45, 7) is 6.20. The summed E-state index contributed by atoms with van der Waals surface area (Å²) in [6, 6.07) is -0.516. The van der Waals surface area contributed by atoms with Gasteiger partial charge in [0.1, 0.15) is 12.1 Å². The van der Waals surface area contributed by atoms with Crippen LogP contribution in [0.3, 0.4) is 0 Å². The maximum Gasteiger partial charge on any atom is 0.325 e. The van der Waals surface area contributed by atoms with Crippen molar-refractivity contribution in [2.24, 2.45) is 0 Å². The number of imide groups is 1. The van der Waals surface area contributed by atoms with Crippen molar-refractivity contribution in [3.8, 4) is 0 Å². The maximum atomic E-state index is 12.2. The fraction of sp³-hybridized carbons (Fsp3) is 0.769. The molecule has 2 saturated heterocycles. The Hall–Kier alpha value is -1.67. The molecule has 2 aliphatic rings. The third kappa shape index (κ3) is 3.33. The van der Waals surface area contributed by atoms with Gasteiger partial charge < -0.3 is 15.3 Å². The average Bonchev–Trinajstić information content (AvgIpc) is 2.62. The number of hydrogen-bond donors (Lipinski definition) is 2. The third-order valence-electron chi connectivity index (χ3n) is 3.88. The number of piperazine rings is 1. The Morgan fingerprint density at radius 3 is 2.33 bits per heavy atom. The standard InChI is InChI=1S/C13H22N4O4/c1-13(2)11(20)17(12(21)14-13)9-10(19)16-5-3-15(4-6-16)7-8-18/h18H,3-9H2,1-2H3,(H,14,21). The lowest BCUT2D eigenvalue weighted by Gasteiger charge is -2.34. The first kappa shape index (κ1) is 15.7. The zero-order chi connectivity index (χ0) is 15.6. The van der Waals surface area contributed by atoms with E-state index in [-0.39, 0.29) is 25.0 Å². The Labute approximate surface area is 123 Å². The second-order valence-electron chi connectivity index (χ2n) is 5.89. The van der Waals surface area contributed by atoms with Crippen molar-refractivity contribution in [2.75, 3.05) is 45.9 Å². The highest BCUT2D eigenvalue weighted by Gasteiger charge is 2.45. The first-order valence-electron chi connectivity index (χ1n) is 7.10. The van der Waals surface area contributed by atoms with Gasteiger partial charge in [0.15, 0.2) is 0 Å². The van der Waals surface area contributed by atoms with Crippen LogP contribution < -0.4 is 5.32 Å². The largest absolute Gasteiger partial charge is 0.395 e. The van der Waals surface area contributed by atoms with Crippen LogP contribution in [0.4, 0.5) is 4.79 Å². The molecule has 118 valence electrons. The highest BCUT2D eigenvalue weighted by atomic mass is 16.3. The molecule has 0 radical (unpaired) electrons. The van der Waals surface area contributed by atoms with Gasteiger partial charge in [0.05, 0.1) is 6.61 Å². The van der Waals surface area contributed by atoms with Gasteiger partial charge in [-0.05, 0) is 13.8 Å². The van der Waals surface area contributed by atoms with Crippen LogP contribution in [0.5, 0.6) is 0 Å². The zero-order valence-corrected chi connectivity index (χ0v) is 12.5. The topological polar surface area (TPSA) is 93.2 Å². The number of aliphatic hydroxyl groups excluding tert-OH is 1. The summed E-state index contributed by atoms with van der Waals surface area (Å²) in [5, 5.41) is 11.4. The minimum Gasteiger partial charge on any atom is -0.395 e. The lowest BCUT2D eigenvalue weighted by molar-refractivity contribution is -0.139. The van der Waals surface area contributed by atoms with Crippen LogP contribution in [0.1, 0.15) is 13.8 Å². The number of rotatable bonds is 4. The predicted octanol–water partition coefficient (Wildman–Crippen LogP) is -1.55. The van der Waals surface area contributed by atoms with Gasteiger partial charge >= 0.3 is 6.03 Å². The Morgan fingerprint density at radius 1 is 1.24 bits per heavy atom. The zero-order valence-electron chi connectivity index (χ0n) is 12.5. The van der Waals surface area contributed by atoms with Gasteiger partial charge in [-0.15, -0.1) is 0 Å². The average molecular weight is 298 g/mol. The van der Waals surface area contributed by atoms with E-state index < -0.39 is 11.6 Å². The molecular formula is C13H22N4O4. The second kappa shape index (κ2) is 5.98. The number of β-amino-alcohol motifs (C(OH)–C–C–N with tert-alkyl or cyclic N) is 1. The number of hydrogen-bond acceptors (Lipinski definition) is 5. The molecule has 2 aliphatic heterocycles. The minimum atomic E-state index is -0.947. The molecule has 2 heterocycles. The van der Waals surface area contributed by atoms with E-state index in [1.54, 1.807) is 18.7 Å². The Bertz CT molecular complexity index is 443. The number of aliphatic hydroxyl groups is 1. The summed E-state index contributed by atoms with van der Waals surface area (Å²) in [4.78, 5) is 40.7. The Morgan fingerprint density at radius 2 is 1.86 bits per heavy atom. The van der Waals surface area contributed by atoms with E-state index in [0.29, 0.717) is 32.7 Å². The SMILES string of the molecule is CC1(C)NC(=O)N(CC(=O)N2CCN(CCO)CC2)C1=O. The monoisotopic (exact) mass is 298 g/mol. The first-order chi connectivity index (χ1) is 9.85. The van der Waals surface area contributed by atoms with Gasteiger partial charge in [0.25, 0.3) is 5.91 Å². The van der Waals surface area contributed by atoms with Crippen molar-refractivity contribution in [1.29, 1.82) is 0 Å². The molecule has 2 N–H and O–H groups in total. The summed E-state index contributed by atoms with van der Waals surface area (Å²) >= 11 is 0. The van der Waals surface area contributed by atoms with Crippen molar-refractivity contribution in [3.63, 3.8) is 0 Å². The molecule has 0 unspecified atom stereocenters. The van der Waals surface area contributed by atoms with Crippen molar-refractivity contribution >= 4 is 17.8 Å². The van der Waals surface area contributed by atoms with Gasteiger partial charge in [0, 0.05) is 32.7 Å². The lowest BCUT2D eigenvalue weighted by Crippen LogP contribution is -2.52. The van der Waals surface area contributed by atoms with Crippen molar-refractivity contribution in [2.45, 2.75) is 19.4 Å². The van der Waals surface area contributed by atoms with E-state index in [9.17, 15) is 14.4 Å². The van der Waals surface area contributed by atoms with Crippen molar-refractivity contribution < 1.29 is 19.5 Å². The van der Waals surface area contributed by atoms with E-state index in [1.165, 1.54) is 0 Å². The Kier molecular flexibility index (Phi) is 4.48. The van der Waals surface area contributed by atoms with Crippen molar-refractivity contribution in [1.82, 2.24) is 20.0 Å². The highest BCUT2D eigenvalue weighted by Crippen LogP contribution is 2.16. The third-order valence-corrected chi connectivity index (χ3v) is 3.88. The van der Waals surface area contributed by atoms with Crippen molar-refractivity contribution in [3.05, 3.63) is 0 Å². The van der Waals surface area contributed by atoms with E-state index in [1.807, 2.05) is 0 Å². The lowest BCUT2D eigenvalue weighted by atomic mass is 10.1. The van der Waals surface area contributed by atoms with Crippen LogP contribution in [-0.2, 0) is 9.59 Å². The minimum absolute atomic E-state index is 0.103. The quantitative estimate of drug-likeness (QED) is 0.613. The van der Waals surface area contributed by atoms with E-state index >= 15 is 0 Å². The maximum absolute atomic E-state index is 12.2. The van der Waals surface area contributed by atoms with E-state index in [2.05, 4.69) is 10.2 Å². The summed E-state index contributed by atoms with van der Waals surface area (Å²) in [6.07, 6.45) is 0. The predicted molar refractivity (Wildman–Crippen MR) is 74.4 cm³/mol. The number of carbonyl (C=O) groups excluding carboxylic acids is 3. The highest BCUT2D eigenvalue weighted by molar-refractivity contribution is 6.08. The molecule has 0 aromatic rings. The van der Waals surface area contributed by atoms with Crippen LogP contribution in [0, 0.1) is 0 Å². The molecule has 8 nitrogen and oxygen atoms in total. The number of carbonyl (C=O) groups is 3. The van der Waals surface area contributed by atoms with Crippen LogP contribution in [0.25, 0.3) is 0 Å². The van der Waals surface area contributed by atoms with Crippen LogP contribution in [0.2, 0.25) is 0 Å². The number of urea groups is 1. The molecule has 0 spiro atoms. The summed E-state index contributed by atoms with van der Waals surface area (Å²) < 4.78 is 0. The van der Waals surface area contributed by atoms with Gasteiger partial charge in [0.2, 0.25) is 5.91 Å². The van der Waals surface area contributed by atoms with Crippen LogP contribution >= 0.6 is 0 Å². The molecule has 0 bridgehead atoms. The molecule has 2 fully saturated rings. The summed E-state index contributed by atoms with van der Waals surface area (Å²) in [5.74, 6) is -0.598. The molecule has 0 atom stereocenters. The molecule has 2 rings (SSSR count). The number of amides is 4. The summed E-state index contributed by atoms with van der Waals surface area (Å²) in [5.41, 5.74) is -0.947. The van der Waals surface area contributed by atoms with Crippen LogP contribution in [-0.4, -0.2) is 89.1 Å². The molecule has 0 aromatic carbocycles. The molecule has 0 aliphatic carbocycles. The molecule has 0 saturated carbocycles. The molecular weight excluding hydrogens is 276 g/mol. The summed E-state index contributed by atoms with van der Waals surface area (Å²) in [7, 11) is 0. The fourth-order valence-electron chi connectivity index (χ4n) is 2.56. The van der Waals surface area contributed by atoms with Gasteiger partial charge in [-0.25, -0.2) is 4.79 Å². The van der Waals surface area contributed by atoms with Gasteiger partial charge in [-0.3, -0.25) is 19.4 Å². The normalized spacial score (nSPS) is 22.6. The van der Waals surface area contributed by atoms with Gasteiger partial charge in [-0.1, -0.05) is 0 Å². The van der Waals surface area contributed by atoms with E-state index in [0.717, 1.165) is 4.90 Å². The number of nitrogens with zero attached hydrogens (tertiary/aromatic N) is 3. The smallest absolute Gasteiger partial charge is 0.325 e. The molecule has 4 amide bonds. The molecule has 0 aromatic heterocycles. The first-order valence-corrected chi connectivity index (χ1v) is 7.10.